The van der Waals surface area contributed by atoms with Crippen LogP contribution in [-0.2, 0) is 22.4 Å². The van der Waals surface area contributed by atoms with Crippen molar-refractivity contribution in [2.75, 3.05) is 38.2 Å². The molecule has 3 aromatic carbocycles. The summed E-state index contributed by atoms with van der Waals surface area (Å²) < 4.78 is 32.8. The molecule has 1 amide bonds. The monoisotopic (exact) mass is 624 g/mol. The number of carboxylic acid groups (broad SMARTS) is 1. The molecule has 2 aliphatic heterocycles. The Morgan fingerprint density at radius 1 is 1.02 bits per heavy atom. The first-order valence-corrected chi connectivity index (χ1v) is 15.5. The summed E-state index contributed by atoms with van der Waals surface area (Å²) >= 11 is 6.32. The summed E-state index contributed by atoms with van der Waals surface area (Å²) in [5.74, 6) is -2.08. The fourth-order valence-corrected chi connectivity index (χ4v) is 6.52. The standard InChI is InChI=1S/C34H38ClFN2O6/c1-4-11-42-24-8-9-25(27(36)17-24)33-31(34(40)41)26(22-7-10-28-29(16-22)44-13-12-43-28)18-38(33)19-30(39)37-32-20(5-2)14-23(35)15-21(32)6-3/h7-10,14-17,26,31,33H,4-6,11-13,18-19H2,1-3H3,(H,37,39)(H,40,41)/t26-,31?,33+/m1/s1. The fourth-order valence-electron chi connectivity index (χ4n) is 6.25. The third kappa shape index (κ3) is 6.64. The van der Waals surface area contributed by atoms with Crippen LogP contribution in [0.25, 0.3) is 0 Å². The Labute approximate surface area is 262 Å². The van der Waals surface area contributed by atoms with Crippen LogP contribution in [0, 0.1) is 11.7 Å². The minimum Gasteiger partial charge on any atom is -0.494 e. The van der Waals surface area contributed by atoms with Gasteiger partial charge in [0.15, 0.2) is 11.5 Å². The van der Waals surface area contributed by atoms with E-state index in [1.807, 2.05) is 39.0 Å². The highest BCUT2D eigenvalue weighted by Crippen LogP contribution is 2.48. The number of anilines is 1. The van der Waals surface area contributed by atoms with E-state index in [-0.39, 0.29) is 24.6 Å². The molecule has 1 saturated heterocycles. The maximum Gasteiger partial charge on any atom is 0.309 e. The van der Waals surface area contributed by atoms with E-state index in [1.54, 1.807) is 29.2 Å². The van der Waals surface area contributed by atoms with E-state index in [0.717, 1.165) is 23.1 Å². The molecule has 0 aromatic heterocycles. The summed E-state index contributed by atoms with van der Waals surface area (Å²) in [6.45, 7) is 7.26. The van der Waals surface area contributed by atoms with E-state index in [0.29, 0.717) is 60.6 Å². The molecule has 2 aliphatic rings. The minimum absolute atomic E-state index is 0.141. The number of hydrogen-bond donors (Lipinski definition) is 2. The van der Waals surface area contributed by atoms with E-state index in [1.165, 1.54) is 6.07 Å². The van der Waals surface area contributed by atoms with Crippen molar-refractivity contribution in [2.45, 2.75) is 52.0 Å². The molecular formula is C34H38ClFN2O6. The highest BCUT2D eigenvalue weighted by atomic mass is 35.5. The lowest BCUT2D eigenvalue weighted by Gasteiger charge is -2.28. The molecular weight excluding hydrogens is 587 g/mol. The molecule has 0 bridgehead atoms. The molecule has 0 spiro atoms. The van der Waals surface area contributed by atoms with E-state index in [9.17, 15) is 14.7 Å². The Hall–Kier alpha value is -3.82. The SMILES string of the molecule is CCCOc1ccc([C@H]2C(C(=O)O)[C@@H](c3ccc4c(c3)OCCO4)CN2CC(=O)Nc2c(CC)cc(Cl)cc2CC)c(F)c1. The number of carbonyl (C=O) groups excluding carboxylic acids is 1. The Balaban J connectivity index is 1.51. The number of carboxylic acids is 1. The molecule has 10 heteroatoms. The van der Waals surface area contributed by atoms with Crippen LogP contribution in [0.4, 0.5) is 10.1 Å². The van der Waals surface area contributed by atoms with Crippen molar-refractivity contribution >= 4 is 29.2 Å². The number of aliphatic carboxylic acids is 1. The number of aryl methyl sites for hydroxylation is 2. The fraction of sp³-hybridized carbons (Fsp3) is 0.412. The van der Waals surface area contributed by atoms with Crippen LogP contribution in [0.5, 0.6) is 17.2 Å². The second-order valence-electron chi connectivity index (χ2n) is 11.1. The predicted molar refractivity (Wildman–Crippen MR) is 167 cm³/mol. The van der Waals surface area contributed by atoms with Crippen molar-refractivity contribution in [2.24, 2.45) is 5.92 Å². The molecule has 0 radical (unpaired) electrons. The number of hydrogen-bond acceptors (Lipinski definition) is 6. The first-order chi connectivity index (χ1) is 21.2. The van der Waals surface area contributed by atoms with Crippen LogP contribution >= 0.6 is 11.6 Å². The van der Waals surface area contributed by atoms with Gasteiger partial charge in [0.2, 0.25) is 5.91 Å². The highest BCUT2D eigenvalue weighted by molar-refractivity contribution is 6.30. The Bertz CT molecular complexity index is 1510. The van der Waals surface area contributed by atoms with E-state index < -0.39 is 29.7 Å². The summed E-state index contributed by atoms with van der Waals surface area (Å²) in [5, 5.41) is 14.2. The van der Waals surface area contributed by atoms with Gasteiger partial charge in [0.1, 0.15) is 24.8 Å². The van der Waals surface area contributed by atoms with Gasteiger partial charge >= 0.3 is 5.97 Å². The van der Waals surface area contributed by atoms with Crippen LogP contribution < -0.4 is 19.5 Å². The second-order valence-corrected chi connectivity index (χ2v) is 11.6. The first-order valence-electron chi connectivity index (χ1n) is 15.1. The molecule has 1 unspecified atom stereocenters. The largest absolute Gasteiger partial charge is 0.494 e. The zero-order valence-electron chi connectivity index (χ0n) is 25.2. The molecule has 5 rings (SSSR count). The van der Waals surface area contributed by atoms with Crippen LogP contribution in [-0.4, -0.2) is 54.8 Å². The minimum atomic E-state index is -1.08. The van der Waals surface area contributed by atoms with E-state index in [4.69, 9.17) is 25.8 Å². The van der Waals surface area contributed by atoms with E-state index in [2.05, 4.69) is 5.32 Å². The third-order valence-corrected chi connectivity index (χ3v) is 8.50. The summed E-state index contributed by atoms with van der Waals surface area (Å²) in [6, 6.07) is 12.7. The van der Waals surface area contributed by atoms with Crippen molar-refractivity contribution in [3.8, 4) is 17.2 Å². The lowest BCUT2D eigenvalue weighted by atomic mass is 9.82. The van der Waals surface area contributed by atoms with Gasteiger partial charge < -0.3 is 24.6 Å². The normalized spacial score (nSPS) is 19.5. The lowest BCUT2D eigenvalue weighted by molar-refractivity contribution is -0.143. The van der Waals surface area contributed by atoms with Crippen LogP contribution in [0.1, 0.15) is 61.4 Å². The second kappa shape index (κ2) is 13.9. The average molecular weight is 625 g/mol. The topological polar surface area (TPSA) is 97.3 Å². The van der Waals surface area contributed by atoms with Gasteiger partial charge in [-0.25, -0.2) is 4.39 Å². The number of halogens is 2. The quantitative estimate of drug-likeness (QED) is 0.247. The number of rotatable bonds is 11. The highest BCUT2D eigenvalue weighted by Gasteiger charge is 2.49. The van der Waals surface area contributed by atoms with Crippen molar-refractivity contribution in [3.63, 3.8) is 0 Å². The van der Waals surface area contributed by atoms with Gasteiger partial charge in [-0.2, -0.15) is 0 Å². The van der Waals surface area contributed by atoms with Gasteiger partial charge in [0, 0.05) is 34.8 Å². The molecule has 234 valence electrons. The van der Waals surface area contributed by atoms with Crippen molar-refractivity contribution in [1.29, 1.82) is 0 Å². The molecule has 44 heavy (non-hydrogen) atoms. The number of nitrogens with one attached hydrogen (secondary N) is 1. The number of carbonyl (C=O) groups is 2. The molecule has 2 N–H and O–H groups in total. The number of nitrogens with zero attached hydrogens (tertiary/aromatic N) is 1. The van der Waals surface area contributed by atoms with Gasteiger partial charge in [-0.15, -0.1) is 0 Å². The molecule has 3 aromatic rings. The lowest BCUT2D eigenvalue weighted by Crippen LogP contribution is -2.36. The van der Waals surface area contributed by atoms with Crippen molar-refractivity contribution in [1.82, 2.24) is 4.90 Å². The molecule has 0 aliphatic carbocycles. The van der Waals surface area contributed by atoms with Crippen LogP contribution in [0.15, 0.2) is 48.5 Å². The average Bonchev–Trinajstić information content (AvgIpc) is 3.39. The maximum absolute atomic E-state index is 15.8. The Morgan fingerprint density at radius 2 is 1.73 bits per heavy atom. The van der Waals surface area contributed by atoms with Gasteiger partial charge in [0.05, 0.1) is 25.1 Å². The zero-order chi connectivity index (χ0) is 31.4. The van der Waals surface area contributed by atoms with Gasteiger partial charge in [-0.3, -0.25) is 14.5 Å². The number of likely N-dealkylation sites (tertiary alicyclic amines) is 1. The summed E-state index contributed by atoms with van der Waals surface area (Å²) in [4.78, 5) is 28.4. The molecule has 3 atom stereocenters. The van der Waals surface area contributed by atoms with Crippen molar-refractivity contribution < 1.29 is 33.3 Å². The molecule has 1 fully saturated rings. The first kappa shape index (κ1) is 31.6. The molecule has 0 saturated carbocycles. The summed E-state index contributed by atoms with van der Waals surface area (Å²) in [5.41, 5.74) is 3.45. The van der Waals surface area contributed by atoms with Crippen LogP contribution in [0.3, 0.4) is 0 Å². The summed E-state index contributed by atoms with van der Waals surface area (Å²) in [7, 11) is 0. The third-order valence-electron chi connectivity index (χ3n) is 8.28. The Morgan fingerprint density at radius 3 is 2.36 bits per heavy atom. The molecule has 2 heterocycles. The smallest absolute Gasteiger partial charge is 0.309 e. The van der Waals surface area contributed by atoms with Gasteiger partial charge in [-0.1, -0.05) is 44.5 Å². The van der Waals surface area contributed by atoms with Gasteiger partial charge in [-0.05, 0) is 66.3 Å². The Kier molecular flexibility index (Phi) is 9.96. The predicted octanol–water partition coefficient (Wildman–Crippen LogP) is 6.64. The van der Waals surface area contributed by atoms with E-state index >= 15 is 4.39 Å². The van der Waals surface area contributed by atoms with Gasteiger partial charge in [0.25, 0.3) is 0 Å². The van der Waals surface area contributed by atoms with Crippen molar-refractivity contribution in [3.05, 3.63) is 81.6 Å². The summed E-state index contributed by atoms with van der Waals surface area (Å²) in [6.07, 6.45) is 2.10. The maximum atomic E-state index is 15.8. The molecule has 8 nitrogen and oxygen atoms in total. The number of fused-ring (bicyclic) bond motifs is 1. The number of benzene rings is 3. The van der Waals surface area contributed by atoms with Crippen LogP contribution in [0.2, 0.25) is 5.02 Å². The zero-order valence-corrected chi connectivity index (χ0v) is 26.0. The number of amides is 1. The number of ether oxygens (including phenoxy) is 3.